The van der Waals surface area contributed by atoms with E-state index >= 15 is 0 Å². The predicted octanol–water partition coefficient (Wildman–Crippen LogP) is 4.06. The maximum atomic E-state index is 13.3. The van der Waals surface area contributed by atoms with Gasteiger partial charge in [-0.3, -0.25) is 9.69 Å². The van der Waals surface area contributed by atoms with Crippen molar-refractivity contribution in [3.63, 3.8) is 0 Å². The molecule has 0 aliphatic carbocycles. The number of benzene rings is 2. The number of nitrogens with one attached hydrogen (secondary N) is 1. The summed E-state index contributed by atoms with van der Waals surface area (Å²) < 4.78 is 28.6. The maximum Gasteiger partial charge on any atom is 0.262 e. The Morgan fingerprint density at radius 2 is 2.06 bits per heavy atom. The van der Waals surface area contributed by atoms with Crippen molar-refractivity contribution in [1.29, 1.82) is 0 Å². The fourth-order valence-corrected chi connectivity index (χ4v) is 4.54. The van der Waals surface area contributed by atoms with Crippen LogP contribution in [-0.4, -0.2) is 49.5 Å². The molecule has 2 aliphatic rings. The van der Waals surface area contributed by atoms with E-state index in [2.05, 4.69) is 10.2 Å². The van der Waals surface area contributed by atoms with Gasteiger partial charge in [-0.25, -0.2) is 0 Å². The molecular weight excluding hydrogens is 460 g/mol. The Morgan fingerprint density at radius 3 is 2.86 bits per heavy atom. The van der Waals surface area contributed by atoms with Crippen LogP contribution in [-0.2, 0) is 22.6 Å². The lowest BCUT2D eigenvalue weighted by atomic mass is 10.1. The van der Waals surface area contributed by atoms with Gasteiger partial charge in [0.15, 0.2) is 17.6 Å². The number of furan rings is 1. The second-order valence-electron chi connectivity index (χ2n) is 9.24. The summed E-state index contributed by atoms with van der Waals surface area (Å²) in [5.41, 5.74) is 2.14. The highest BCUT2D eigenvalue weighted by Crippen LogP contribution is 2.33. The van der Waals surface area contributed by atoms with E-state index in [1.54, 1.807) is 12.3 Å². The molecule has 2 aromatic carbocycles. The summed E-state index contributed by atoms with van der Waals surface area (Å²) in [6.07, 6.45) is 3.06. The van der Waals surface area contributed by atoms with Gasteiger partial charge in [-0.05, 0) is 67.3 Å². The minimum absolute atomic E-state index is 0.129. The molecule has 0 radical (unpaired) electrons. The van der Waals surface area contributed by atoms with Crippen LogP contribution in [0.15, 0.2) is 65.3 Å². The quantitative estimate of drug-likeness (QED) is 0.432. The molecule has 8 heteroatoms. The van der Waals surface area contributed by atoms with Crippen molar-refractivity contribution in [3.05, 3.63) is 77.7 Å². The van der Waals surface area contributed by atoms with Crippen LogP contribution in [0.2, 0.25) is 0 Å². The first-order chi connectivity index (χ1) is 17.6. The van der Waals surface area contributed by atoms with E-state index in [4.69, 9.17) is 23.4 Å². The van der Waals surface area contributed by atoms with Gasteiger partial charge in [0.05, 0.1) is 18.9 Å². The lowest BCUT2D eigenvalue weighted by Crippen LogP contribution is -2.47. The van der Waals surface area contributed by atoms with Crippen LogP contribution < -0.4 is 19.5 Å². The molecule has 5 rings (SSSR count). The Labute approximate surface area is 211 Å². The zero-order valence-corrected chi connectivity index (χ0v) is 20.5. The number of hydrogen-bond donors (Lipinski definition) is 1. The molecule has 1 N–H and O–H groups in total. The smallest absolute Gasteiger partial charge is 0.262 e. The normalized spacial score (nSPS) is 17.3. The Morgan fingerprint density at radius 1 is 1.14 bits per heavy atom. The van der Waals surface area contributed by atoms with Crippen LogP contribution in [0.5, 0.6) is 17.2 Å². The fourth-order valence-electron chi connectivity index (χ4n) is 4.54. The molecule has 190 valence electrons. The third-order valence-electron chi connectivity index (χ3n) is 6.33. The zero-order valence-electron chi connectivity index (χ0n) is 20.5. The van der Waals surface area contributed by atoms with Crippen molar-refractivity contribution < 1.29 is 28.2 Å². The number of rotatable bonds is 11. The number of fused-ring (bicyclic) bond motifs is 1. The fraction of sp³-hybridized carbons (Fsp3) is 0.393. The van der Waals surface area contributed by atoms with Crippen LogP contribution >= 0.6 is 0 Å². The van der Waals surface area contributed by atoms with Gasteiger partial charge in [0.25, 0.3) is 5.91 Å². The van der Waals surface area contributed by atoms with Crippen molar-refractivity contribution in [2.75, 3.05) is 26.5 Å². The Bertz CT molecular complexity index is 1140. The third-order valence-corrected chi connectivity index (χ3v) is 6.33. The number of amides is 1. The molecule has 0 bridgehead atoms. The highest BCUT2D eigenvalue weighted by atomic mass is 16.7. The molecule has 2 unspecified atom stereocenters. The molecule has 2 aliphatic heterocycles. The predicted molar refractivity (Wildman–Crippen MR) is 133 cm³/mol. The summed E-state index contributed by atoms with van der Waals surface area (Å²) in [5.74, 6) is 2.65. The van der Waals surface area contributed by atoms with Gasteiger partial charge in [-0.15, -0.1) is 0 Å². The van der Waals surface area contributed by atoms with Gasteiger partial charge >= 0.3 is 0 Å². The second kappa shape index (κ2) is 11.5. The third kappa shape index (κ3) is 6.38. The topological polar surface area (TPSA) is 82.4 Å². The summed E-state index contributed by atoms with van der Waals surface area (Å²) in [7, 11) is 0. The summed E-state index contributed by atoms with van der Waals surface area (Å²) in [6, 6.07) is 17.3. The molecule has 2 atom stereocenters. The molecule has 3 heterocycles. The van der Waals surface area contributed by atoms with Gasteiger partial charge in [-0.1, -0.05) is 18.2 Å². The Balaban J connectivity index is 1.34. The summed E-state index contributed by atoms with van der Waals surface area (Å²) in [4.78, 5) is 15.6. The number of aryl methyl sites for hydroxylation is 1. The van der Waals surface area contributed by atoms with Crippen molar-refractivity contribution in [2.24, 2.45) is 0 Å². The van der Waals surface area contributed by atoms with Gasteiger partial charge in [0.2, 0.25) is 6.79 Å². The number of ether oxygens (including phenoxy) is 4. The first-order valence-electron chi connectivity index (χ1n) is 12.4. The van der Waals surface area contributed by atoms with Crippen LogP contribution in [0.25, 0.3) is 0 Å². The highest BCUT2D eigenvalue weighted by Gasteiger charge is 2.27. The van der Waals surface area contributed by atoms with Crippen molar-refractivity contribution >= 4 is 5.91 Å². The minimum atomic E-state index is -0.725. The monoisotopic (exact) mass is 492 g/mol. The van der Waals surface area contributed by atoms with E-state index < -0.39 is 6.10 Å². The van der Waals surface area contributed by atoms with Crippen LogP contribution in [0.1, 0.15) is 29.7 Å². The average molecular weight is 493 g/mol. The van der Waals surface area contributed by atoms with E-state index in [0.717, 1.165) is 42.1 Å². The SMILES string of the molecule is Cc1cccc(OC(CN(Cc2ccc3c(c2)OCO3)CC2CCCO2)C(=O)NCc2ccco2)c1. The van der Waals surface area contributed by atoms with Crippen LogP contribution in [0, 0.1) is 6.92 Å². The summed E-state index contributed by atoms with van der Waals surface area (Å²) in [5, 5.41) is 2.96. The number of carbonyl (C=O) groups excluding carboxylic acids is 1. The Kier molecular flexibility index (Phi) is 7.73. The molecule has 1 amide bonds. The summed E-state index contributed by atoms with van der Waals surface area (Å²) >= 11 is 0. The van der Waals surface area contributed by atoms with Crippen LogP contribution in [0.4, 0.5) is 0 Å². The molecule has 1 aromatic heterocycles. The second-order valence-corrected chi connectivity index (χ2v) is 9.24. The average Bonchev–Trinajstić information content (AvgIpc) is 3.65. The van der Waals surface area contributed by atoms with E-state index in [9.17, 15) is 4.79 Å². The van der Waals surface area contributed by atoms with Crippen molar-refractivity contribution in [1.82, 2.24) is 10.2 Å². The standard InChI is InChI=1S/C28H32N2O6/c1-20-5-2-6-22(13-20)36-27(28(31)29-15-23-7-3-11-32-23)18-30(17-24-8-4-12-33-24)16-21-9-10-25-26(14-21)35-19-34-25/h2-3,5-7,9-11,13-14,24,27H,4,8,12,15-19H2,1H3,(H,29,31). The largest absolute Gasteiger partial charge is 0.479 e. The molecule has 1 fully saturated rings. The van der Waals surface area contributed by atoms with Gasteiger partial charge in [-0.2, -0.15) is 0 Å². The van der Waals surface area contributed by atoms with Gasteiger partial charge in [0, 0.05) is 26.2 Å². The number of carbonyl (C=O) groups is 1. The first-order valence-corrected chi connectivity index (χ1v) is 12.4. The molecule has 1 saturated heterocycles. The molecule has 3 aromatic rings. The number of nitrogens with zero attached hydrogens (tertiary/aromatic N) is 1. The van der Waals surface area contributed by atoms with Crippen molar-refractivity contribution in [3.8, 4) is 17.2 Å². The van der Waals surface area contributed by atoms with Gasteiger partial charge < -0.3 is 28.7 Å². The first kappa shape index (κ1) is 24.2. The summed E-state index contributed by atoms with van der Waals surface area (Å²) in [6.45, 7) is 5.03. The van der Waals surface area contributed by atoms with Crippen LogP contribution in [0.3, 0.4) is 0 Å². The lowest BCUT2D eigenvalue weighted by Gasteiger charge is -2.29. The van der Waals surface area contributed by atoms with Gasteiger partial charge in [0.1, 0.15) is 11.5 Å². The minimum Gasteiger partial charge on any atom is -0.479 e. The van der Waals surface area contributed by atoms with E-state index in [1.165, 1.54) is 0 Å². The van der Waals surface area contributed by atoms with E-state index in [1.807, 2.05) is 55.5 Å². The van der Waals surface area contributed by atoms with E-state index in [-0.39, 0.29) is 18.8 Å². The zero-order chi connectivity index (χ0) is 24.7. The van der Waals surface area contributed by atoms with E-state index in [0.29, 0.717) is 37.7 Å². The maximum absolute atomic E-state index is 13.3. The molecule has 8 nitrogen and oxygen atoms in total. The van der Waals surface area contributed by atoms with Crippen molar-refractivity contribution in [2.45, 2.75) is 45.1 Å². The molecule has 0 saturated carbocycles. The highest BCUT2D eigenvalue weighted by molar-refractivity contribution is 5.81. The number of hydrogen-bond acceptors (Lipinski definition) is 7. The molecular formula is C28H32N2O6. The lowest BCUT2D eigenvalue weighted by molar-refractivity contribution is -0.129. The Hall–Kier alpha value is -3.49. The molecule has 36 heavy (non-hydrogen) atoms. The molecule has 0 spiro atoms.